The zero-order valence-corrected chi connectivity index (χ0v) is 21.4. The fourth-order valence-corrected chi connectivity index (χ4v) is 11.8. The van der Waals surface area contributed by atoms with Crippen molar-refractivity contribution in [3.8, 4) is 0 Å². The molecule has 2 aliphatic carbocycles. The first kappa shape index (κ1) is 21.4. The summed E-state index contributed by atoms with van der Waals surface area (Å²) in [5.41, 5.74) is 6.45. The molecule has 0 radical (unpaired) electrons. The van der Waals surface area contributed by atoms with Crippen LogP contribution in [0.3, 0.4) is 0 Å². The Bertz CT molecular complexity index is 1190. The van der Waals surface area contributed by atoms with E-state index < -0.39 is 8.07 Å². The molecule has 0 aromatic heterocycles. The van der Waals surface area contributed by atoms with Crippen molar-refractivity contribution in [3.05, 3.63) is 144 Å². The first-order valence-electron chi connectivity index (χ1n) is 11.0. The summed E-state index contributed by atoms with van der Waals surface area (Å²) in [6.45, 7) is 0. The number of hydrogen-bond donors (Lipinski definition) is 0. The van der Waals surface area contributed by atoms with Gasteiger partial charge < -0.3 is 0 Å². The molecule has 4 aromatic rings. The zero-order valence-electron chi connectivity index (χ0n) is 18.4. The quantitative estimate of drug-likeness (QED) is 0.433. The molecule has 0 nitrogen and oxygen atoms in total. The molecule has 0 saturated carbocycles. The van der Waals surface area contributed by atoms with Gasteiger partial charge in [-0.3, -0.25) is 0 Å². The van der Waals surface area contributed by atoms with Crippen LogP contribution in [0.2, 0.25) is 0 Å². The van der Waals surface area contributed by atoms with Gasteiger partial charge in [0, 0.05) is 11.1 Å². The Kier molecular flexibility index (Phi) is 5.92. The fourth-order valence-electron chi connectivity index (χ4n) is 5.80. The summed E-state index contributed by atoms with van der Waals surface area (Å²) in [4.78, 5) is 0. The molecule has 0 heterocycles. The molecule has 148 valence electrons. The predicted molar refractivity (Wildman–Crippen MR) is 134 cm³/mol. The molecule has 32 heavy (non-hydrogen) atoms. The number of benzene rings is 4. The minimum Gasteiger partial charge on any atom is -0.0784 e. The first-order valence-corrected chi connectivity index (χ1v) is 13.2. The van der Waals surface area contributed by atoms with Gasteiger partial charge in [0.05, 0.1) is 0 Å². The molecule has 6 rings (SSSR count). The van der Waals surface area contributed by atoms with Gasteiger partial charge in [0.2, 0.25) is 0 Å². The van der Waals surface area contributed by atoms with E-state index in [1.54, 1.807) is 0 Å². The SMILES string of the molecule is C1=CC([Si](c2ccccc2)(c2ccccc2)C2C=Cc3ccccc32)c2ccccc21.[Na+]. The monoisotopic (exact) mass is 435 g/mol. The van der Waals surface area contributed by atoms with Crippen molar-refractivity contribution in [2.75, 3.05) is 0 Å². The average Bonchev–Trinajstić information content (AvgIpc) is 3.47. The van der Waals surface area contributed by atoms with Crippen LogP contribution < -0.4 is 39.9 Å². The summed E-state index contributed by atoms with van der Waals surface area (Å²) >= 11 is 0. The Morgan fingerprint density at radius 3 is 1.25 bits per heavy atom. The van der Waals surface area contributed by atoms with Gasteiger partial charge in [0.15, 0.2) is 0 Å². The summed E-state index contributed by atoms with van der Waals surface area (Å²) in [5.74, 6) is 0. The van der Waals surface area contributed by atoms with E-state index >= 15 is 0 Å². The van der Waals surface area contributed by atoms with Crippen LogP contribution in [0.5, 0.6) is 0 Å². The van der Waals surface area contributed by atoms with E-state index in [9.17, 15) is 0 Å². The number of allylic oxidation sites excluding steroid dienone is 2. The Hall–Kier alpha value is -2.42. The zero-order chi connectivity index (χ0) is 20.7. The average molecular weight is 436 g/mol. The minimum absolute atomic E-state index is 0. The van der Waals surface area contributed by atoms with Gasteiger partial charge in [-0.05, 0) is 22.3 Å². The van der Waals surface area contributed by atoms with Gasteiger partial charge in [-0.1, -0.05) is 144 Å². The second-order valence-corrected chi connectivity index (χ2v) is 12.7. The van der Waals surface area contributed by atoms with Crippen LogP contribution in [0, 0.1) is 0 Å². The topological polar surface area (TPSA) is 0 Å². The molecular formula is C30H24NaSi+. The third-order valence-corrected chi connectivity index (χ3v) is 12.6. The van der Waals surface area contributed by atoms with Crippen LogP contribution in [0.25, 0.3) is 12.2 Å². The summed E-state index contributed by atoms with van der Waals surface area (Å²) in [5, 5.41) is 3.00. The number of fused-ring (bicyclic) bond motifs is 2. The van der Waals surface area contributed by atoms with Gasteiger partial charge in [0.25, 0.3) is 0 Å². The van der Waals surface area contributed by atoms with Crippen molar-refractivity contribution in [3.63, 3.8) is 0 Å². The van der Waals surface area contributed by atoms with Crippen LogP contribution in [0.1, 0.15) is 33.3 Å². The molecule has 0 aliphatic heterocycles. The normalized spacial score (nSPS) is 18.1. The van der Waals surface area contributed by atoms with Crippen LogP contribution in [0.4, 0.5) is 0 Å². The molecule has 2 heteroatoms. The standard InChI is InChI=1S/C30H24Si.Na/c1-3-13-25(14-4-1)31(26-15-5-2-6-16-26,29-21-19-23-11-7-9-17-27(23)29)30-22-20-24-12-8-10-18-28(24)30;/h1-22,29-30H;/q;+1. The van der Waals surface area contributed by atoms with Crippen LogP contribution in [-0.4, -0.2) is 8.07 Å². The van der Waals surface area contributed by atoms with E-state index in [0.29, 0.717) is 11.1 Å². The van der Waals surface area contributed by atoms with Crippen molar-refractivity contribution in [1.82, 2.24) is 0 Å². The molecule has 2 atom stereocenters. The van der Waals surface area contributed by atoms with E-state index in [-0.39, 0.29) is 29.6 Å². The van der Waals surface area contributed by atoms with Gasteiger partial charge in [-0.2, -0.15) is 0 Å². The van der Waals surface area contributed by atoms with Crippen LogP contribution in [-0.2, 0) is 0 Å². The summed E-state index contributed by atoms with van der Waals surface area (Å²) in [6.07, 6.45) is 9.67. The molecule has 0 N–H and O–H groups in total. The molecule has 0 amide bonds. The maximum Gasteiger partial charge on any atom is 1.00 e. The maximum absolute atomic E-state index is 2.49. The Morgan fingerprint density at radius 2 is 0.812 bits per heavy atom. The maximum atomic E-state index is 2.49. The Balaban J connectivity index is 0.00000216. The minimum atomic E-state index is -2.36. The van der Waals surface area contributed by atoms with Crippen molar-refractivity contribution < 1.29 is 29.6 Å². The molecular weight excluding hydrogens is 411 g/mol. The van der Waals surface area contributed by atoms with Crippen LogP contribution >= 0.6 is 0 Å². The van der Waals surface area contributed by atoms with E-state index in [2.05, 4.69) is 133 Å². The van der Waals surface area contributed by atoms with Crippen molar-refractivity contribution in [2.24, 2.45) is 0 Å². The van der Waals surface area contributed by atoms with E-state index in [0.717, 1.165) is 0 Å². The molecule has 4 aromatic carbocycles. The summed E-state index contributed by atoms with van der Waals surface area (Å²) in [7, 11) is -2.36. The van der Waals surface area contributed by atoms with Gasteiger partial charge in [0.1, 0.15) is 8.07 Å². The van der Waals surface area contributed by atoms with E-state index in [4.69, 9.17) is 0 Å². The molecule has 0 saturated heterocycles. The summed E-state index contributed by atoms with van der Waals surface area (Å²) < 4.78 is 0. The smallest absolute Gasteiger partial charge is 0.0784 e. The fraction of sp³-hybridized carbons (Fsp3) is 0.0667. The van der Waals surface area contributed by atoms with Crippen molar-refractivity contribution in [2.45, 2.75) is 11.1 Å². The number of rotatable bonds is 4. The van der Waals surface area contributed by atoms with Crippen molar-refractivity contribution >= 4 is 30.6 Å². The molecule has 0 bridgehead atoms. The third-order valence-electron chi connectivity index (χ3n) is 7.08. The first-order chi connectivity index (χ1) is 15.4. The molecule has 2 unspecified atom stereocenters. The van der Waals surface area contributed by atoms with Gasteiger partial charge in [-0.15, -0.1) is 0 Å². The number of hydrogen-bond acceptors (Lipinski definition) is 0. The van der Waals surface area contributed by atoms with E-state index in [1.807, 2.05) is 0 Å². The predicted octanol–water partition coefficient (Wildman–Crippen LogP) is 2.95. The van der Waals surface area contributed by atoms with Crippen molar-refractivity contribution in [1.29, 1.82) is 0 Å². The second kappa shape index (κ2) is 8.84. The molecule has 0 spiro atoms. The molecule has 2 aliphatic rings. The largest absolute Gasteiger partial charge is 1.00 e. The van der Waals surface area contributed by atoms with E-state index in [1.165, 1.54) is 32.6 Å². The summed E-state index contributed by atoms with van der Waals surface area (Å²) in [6, 6.07) is 40.6. The van der Waals surface area contributed by atoms with Gasteiger partial charge >= 0.3 is 29.6 Å². The Labute approximate surface area is 213 Å². The third kappa shape index (κ3) is 3.24. The van der Waals surface area contributed by atoms with Gasteiger partial charge in [-0.25, -0.2) is 0 Å². The molecule has 0 fully saturated rings. The van der Waals surface area contributed by atoms with Crippen LogP contribution in [0.15, 0.2) is 121 Å². The second-order valence-electron chi connectivity index (χ2n) is 8.53. The Morgan fingerprint density at radius 1 is 0.438 bits per heavy atom.